The van der Waals surface area contributed by atoms with Crippen LogP contribution in [0.4, 0.5) is 10.2 Å². The molecule has 2 amide bonds. The van der Waals surface area contributed by atoms with Gasteiger partial charge in [-0.1, -0.05) is 6.92 Å². The quantitative estimate of drug-likeness (QED) is 0.623. The van der Waals surface area contributed by atoms with Gasteiger partial charge in [0.05, 0.1) is 12.2 Å². The molecule has 1 unspecified atom stereocenters. The molecule has 4 N–H and O–H groups in total. The third kappa shape index (κ3) is 3.52. The van der Waals surface area contributed by atoms with E-state index in [0.29, 0.717) is 40.2 Å². The number of hydrogen-bond donors (Lipinski definition) is 2. The molecular weight excluding hydrogens is 399 g/mol. The Morgan fingerprint density at radius 2 is 2.00 bits per heavy atom. The van der Waals surface area contributed by atoms with E-state index < -0.39 is 11.7 Å². The molecule has 160 valence electrons. The summed E-state index contributed by atoms with van der Waals surface area (Å²) in [6.07, 6.45) is 2.00. The zero-order valence-corrected chi connectivity index (χ0v) is 17.5. The highest BCUT2D eigenvalue weighted by molar-refractivity contribution is 5.99. The maximum absolute atomic E-state index is 14.0. The van der Waals surface area contributed by atoms with Crippen molar-refractivity contribution >= 4 is 17.6 Å². The third-order valence-corrected chi connectivity index (χ3v) is 5.68. The number of carbonyl (C=O) groups excluding carboxylic acids is 2. The largest absolute Gasteiger partial charge is 0.383 e. The number of aromatic nitrogens is 3. The second-order valence-electron chi connectivity index (χ2n) is 7.92. The number of halogens is 1. The van der Waals surface area contributed by atoms with Crippen molar-refractivity contribution in [3.8, 4) is 11.1 Å². The Morgan fingerprint density at radius 3 is 2.71 bits per heavy atom. The number of nitrogen functional groups attached to an aromatic ring is 1. The first-order valence-electron chi connectivity index (χ1n) is 9.82. The number of benzene rings is 1. The Labute approximate surface area is 178 Å². The van der Waals surface area contributed by atoms with E-state index in [1.165, 1.54) is 27.8 Å². The SMILES string of the molecule is CC1Cc2cc(cnc2N)-c2c(nn(C)c2C(N)=O)CN(C)C(=O)c2ccc(F)cc21. The van der Waals surface area contributed by atoms with E-state index in [1.54, 1.807) is 20.3 Å². The summed E-state index contributed by atoms with van der Waals surface area (Å²) in [5.41, 5.74) is 15.4. The van der Waals surface area contributed by atoms with Crippen LogP contribution in [0.2, 0.25) is 0 Å². The van der Waals surface area contributed by atoms with Crippen molar-refractivity contribution in [2.45, 2.75) is 25.8 Å². The van der Waals surface area contributed by atoms with E-state index >= 15 is 0 Å². The number of carbonyl (C=O) groups is 2. The summed E-state index contributed by atoms with van der Waals surface area (Å²) in [5.74, 6) is -1.18. The standard InChI is InChI=1S/C22H23FN6O2/c1-11-6-12-7-13(9-26-20(12)24)18-17(27-29(3)19(18)21(25)30)10-28(2)22(31)15-5-4-14(23)8-16(11)15/h4-5,7-9,11H,6,10H2,1-3H3,(H2,24,26)(H2,25,30). The predicted molar refractivity (Wildman–Crippen MR) is 114 cm³/mol. The fourth-order valence-electron chi connectivity index (χ4n) is 4.18. The van der Waals surface area contributed by atoms with E-state index in [-0.39, 0.29) is 24.1 Å². The smallest absolute Gasteiger partial charge is 0.267 e. The Bertz CT molecular complexity index is 1220. The van der Waals surface area contributed by atoms with Crippen LogP contribution in [0, 0.1) is 5.82 Å². The lowest BCUT2D eigenvalue weighted by Gasteiger charge is -2.23. The van der Waals surface area contributed by atoms with E-state index in [0.717, 1.165) is 5.56 Å². The molecule has 31 heavy (non-hydrogen) atoms. The van der Waals surface area contributed by atoms with E-state index in [9.17, 15) is 14.0 Å². The van der Waals surface area contributed by atoms with Gasteiger partial charge in [-0.3, -0.25) is 14.3 Å². The minimum atomic E-state index is -0.634. The van der Waals surface area contributed by atoms with Crippen molar-refractivity contribution in [2.24, 2.45) is 12.8 Å². The van der Waals surface area contributed by atoms with E-state index in [1.807, 2.05) is 13.0 Å². The lowest BCUT2D eigenvalue weighted by atomic mass is 9.88. The number of fused-ring (bicyclic) bond motifs is 5. The second kappa shape index (κ2) is 7.50. The van der Waals surface area contributed by atoms with Crippen molar-refractivity contribution in [3.05, 3.63) is 64.4 Å². The highest BCUT2D eigenvalue weighted by atomic mass is 19.1. The van der Waals surface area contributed by atoms with Crippen molar-refractivity contribution in [1.82, 2.24) is 19.7 Å². The van der Waals surface area contributed by atoms with Crippen LogP contribution in [-0.2, 0) is 20.0 Å². The number of rotatable bonds is 1. The molecule has 0 fully saturated rings. The van der Waals surface area contributed by atoms with E-state index in [4.69, 9.17) is 11.5 Å². The highest BCUT2D eigenvalue weighted by Crippen LogP contribution is 2.33. The van der Waals surface area contributed by atoms with Gasteiger partial charge in [-0.2, -0.15) is 5.10 Å². The molecule has 9 heteroatoms. The lowest BCUT2D eigenvalue weighted by molar-refractivity contribution is 0.0781. The van der Waals surface area contributed by atoms with Gasteiger partial charge in [0.2, 0.25) is 0 Å². The molecule has 2 bridgehead atoms. The third-order valence-electron chi connectivity index (χ3n) is 5.68. The first-order valence-corrected chi connectivity index (χ1v) is 9.82. The van der Waals surface area contributed by atoms with Crippen LogP contribution in [0.3, 0.4) is 0 Å². The summed E-state index contributed by atoms with van der Waals surface area (Å²) < 4.78 is 15.5. The first kappa shape index (κ1) is 20.5. The van der Waals surface area contributed by atoms with Crippen LogP contribution in [-0.4, -0.2) is 38.5 Å². The van der Waals surface area contributed by atoms with Gasteiger partial charge in [0.15, 0.2) is 0 Å². The van der Waals surface area contributed by atoms with Gasteiger partial charge in [-0.05, 0) is 47.7 Å². The van der Waals surface area contributed by atoms with Crippen molar-refractivity contribution in [3.63, 3.8) is 0 Å². The average molecular weight is 422 g/mol. The van der Waals surface area contributed by atoms with Gasteiger partial charge in [0.1, 0.15) is 17.3 Å². The van der Waals surface area contributed by atoms with Gasteiger partial charge < -0.3 is 16.4 Å². The van der Waals surface area contributed by atoms with Crippen LogP contribution in [0.1, 0.15) is 50.5 Å². The van der Waals surface area contributed by atoms with Gasteiger partial charge in [0, 0.05) is 37.0 Å². The summed E-state index contributed by atoms with van der Waals surface area (Å²) >= 11 is 0. The minimum absolute atomic E-state index is 0.125. The van der Waals surface area contributed by atoms with Crippen LogP contribution in [0.25, 0.3) is 11.1 Å². The minimum Gasteiger partial charge on any atom is -0.383 e. The molecule has 0 saturated heterocycles. The van der Waals surface area contributed by atoms with Gasteiger partial charge >= 0.3 is 0 Å². The van der Waals surface area contributed by atoms with Crippen LogP contribution in [0.15, 0.2) is 30.5 Å². The van der Waals surface area contributed by atoms with Crippen molar-refractivity contribution < 1.29 is 14.0 Å². The molecule has 8 nitrogen and oxygen atoms in total. The zero-order valence-electron chi connectivity index (χ0n) is 17.5. The zero-order chi connectivity index (χ0) is 22.4. The summed E-state index contributed by atoms with van der Waals surface area (Å²) in [6, 6.07) is 6.02. The van der Waals surface area contributed by atoms with Gasteiger partial charge in [0.25, 0.3) is 11.8 Å². The van der Waals surface area contributed by atoms with Crippen LogP contribution < -0.4 is 11.5 Å². The molecule has 1 aliphatic heterocycles. The molecule has 0 saturated carbocycles. The maximum atomic E-state index is 14.0. The Hall–Kier alpha value is -3.75. The Kier molecular flexibility index (Phi) is 4.96. The number of nitrogens with zero attached hydrogens (tertiary/aromatic N) is 4. The molecule has 1 atom stereocenters. The molecular formula is C22H23FN6O2. The molecule has 2 aromatic heterocycles. The Morgan fingerprint density at radius 1 is 1.26 bits per heavy atom. The number of hydrogen-bond acceptors (Lipinski definition) is 5. The molecule has 0 radical (unpaired) electrons. The topological polar surface area (TPSA) is 120 Å². The number of aryl methyl sites for hydroxylation is 1. The van der Waals surface area contributed by atoms with Crippen molar-refractivity contribution in [1.29, 1.82) is 0 Å². The average Bonchev–Trinajstić information content (AvgIpc) is 3.04. The number of amides is 2. The monoisotopic (exact) mass is 422 g/mol. The summed E-state index contributed by atoms with van der Waals surface area (Å²) in [6.45, 7) is 2.04. The lowest BCUT2D eigenvalue weighted by Crippen LogP contribution is -2.28. The predicted octanol–water partition coefficient (Wildman–Crippen LogP) is 2.23. The fraction of sp³-hybridized carbons (Fsp3) is 0.273. The molecule has 1 aliphatic rings. The second-order valence-corrected chi connectivity index (χ2v) is 7.92. The number of anilines is 1. The van der Waals surface area contributed by atoms with Gasteiger partial charge in [-0.15, -0.1) is 0 Å². The Balaban J connectivity index is 1.99. The molecule has 0 aliphatic carbocycles. The maximum Gasteiger partial charge on any atom is 0.267 e. The summed E-state index contributed by atoms with van der Waals surface area (Å²) in [7, 11) is 3.26. The molecule has 0 spiro atoms. The van der Waals surface area contributed by atoms with Crippen molar-refractivity contribution in [2.75, 3.05) is 12.8 Å². The normalized spacial score (nSPS) is 16.2. The van der Waals surface area contributed by atoms with Gasteiger partial charge in [-0.25, -0.2) is 9.37 Å². The number of primary amides is 1. The molecule has 4 rings (SSSR count). The van der Waals surface area contributed by atoms with Crippen LogP contribution >= 0.6 is 0 Å². The summed E-state index contributed by atoms with van der Waals surface area (Å²) in [4.78, 5) is 31.2. The first-order chi connectivity index (χ1) is 14.7. The molecule has 3 aromatic rings. The highest BCUT2D eigenvalue weighted by Gasteiger charge is 2.27. The molecule has 1 aromatic carbocycles. The molecule has 3 heterocycles. The fourth-order valence-corrected chi connectivity index (χ4v) is 4.18. The van der Waals surface area contributed by atoms with E-state index in [2.05, 4.69) is 10.1 Å². The number of pyridine rings is 1. The van der Waals surface area contributed by atoms with Crippen LogP contribution in [0.5, 0.6) is 0 Å². The summed E-state index contributed by atoms with van der Waals surface area (Å²) in [5, 5.41) is 4.45. The number of nitrogens with two attached hydrogens (primary N) is 2.